The molecular weight excluding hydrogens is 198 g/mol. The van der Waals surface area contributed by atoms with E-state index in [-0.39, 0.29) is 0 Å². The molecule has 0 aromatic heterocycles. The molecule has 2 N–H and O–H groups in total. The van der Waals surface area contributed by atoms with Gasteiger partial charge in [-0.15, -0.1) is 0 Å². The Kier molecular flexibility index (Phi) is 2.31. The number of fused-ring (bicyclic) bond motifs is 2. The van der Waals surface area contributed by atoms with Crippen LogP contribution in [0.4, 0.5) is 5.69 Å². The van der Waals surface area contributed by atoms with Gasteiger partial charge in [-0.3, -0.25) is 0 Å². The van der Waals surface area contributed by atoms with Crippen LogP contribution in [0.25, 0.3) is 0 Å². The van der Waals surface area contributed by atoms with Crippen LogP contribution in [0, 0.1) is 18.8 Å². The first-order valence-corrected chi connectivity index (χ1v) is 6.28. The molecule has 2 fully saturated rings. The van der Waals surface area contributed by atoms with Gasteiger partial charge in [-0.2, -0.15) is 0 Å². The lowest BCUT2D eigenvalue weighted by Gasteiger charge is -2.24. The van der Waals surface area contributed by atoms with Crippen LogP contribution < -0.4 is 5.32 Å². The maximum absolute atomic E-state index is 9.48. The highest BCUT2D eigenvalue weighted by Gasteiger charge is 2.39. The largest absolute Gasteiger partial charge is 0.508 e. The SMILES string of the molecule is Cc1cc(NC2CC3CCC2C3)ccc1O. The summed E-state index contributed by atoms with van der Waals surface area (Å²) in [6, 6.07) is 6.48. The van der Waals surface area contributed by atoms with Gasteiger partial charge in [0, 0.05) is 11.7 Å². The first kappa shape index (κ1) is 10.0. The van der Waals surface area contributed by atoms with E-state index < -0.39 is 0 Å². The fourth-order valence-electron chi connectivity index (χ4n) is 3.38. The van der Waals surface area contributed by atoms with Gasteiger partial charge in [-0.1, -0.05) is 6.42 Å². The molecule has 0 heterocycles. The van der Waals surface area contributed by atoms with Gasteiger partial charge in [0.2, 0.25) is 0 Å². The highest BCUT2D eigenvalue weighted by Crippen LogP contribution is 2.45. The summed E-state index contributed by atoms with van der Waals surface area (Å²) in [5.74, 6) is 2.25. The molecule has 2 heteroatoms. The molecule has 2 saturated carbocycles. The lowest BCUT2D eigenvalue weighted by Crippen LogP contribution is -2.25. The van der Waals surface area contributed by atoms with E-state index in [0.717, 1.165) is 23.1 Å². The first-order chi connectivity index (χ1) is 7.72. The van der Waals surface area contributed by atoms with E-state index >= 15 is 0 Å². The molecule has 2 aliphatic carbocycles. The van der Waals surface area contributed by atoms with Gasteiger partial charge >= 0.3 is 0 Å². The second-order valence-corrected chi connectivity index (χ2v) is 5.43. The molecule has 0 amide bonds. The van der Waals surface area contributed by atoms with Crippen molar-refractivity contribution in [2.24, 2.45) is 11.8 Å². The quantitative estimate of drug-likeness (QED) is 0.745. The van der Waals surface area contributed by atoms with Crippen molar-refractivity contribution < 1.29 is 5.11 Å². The van der Waals surface area contributed by atoms with E-state index in [2.05, 4.69) is 5.32 Å². The predicted octanol–water partition coefficient (Wildman–Crippen LogP) is 3.30. The van der Waals surface area contributed by atoms with Crippen LogP contribution in [0.3, 0.4) is 0 Å². The fourth-order valence-corrected chi connectivity index (χ4v) is 3.38. The Morgan fingerprint density at radius 2 is 2.12 bits per heavy atom. The van der Waals surface area contributed by atoms with E-state index in [0.29, 0.717) is 11.8 Å². The van der Waals surface area contributed by atoms with Gasteiger partial charge in [0.25, 0.3) is 0 Å². The number of phenols is 1. The van der Waals surface area contributed by atoms with Crippen LogP contribution >= 0.6 is 0 Å². The van der Waals surface area contributed by atoms with Crippen molar-refractivity contribution in [2.75, 3.05) is 5.32 Å². The van der Waals surface area contributed by atoms with Crippen molar-refractivity contribution in [1.29, 1.82) is 0 Å². The van der Waals surface area contributed by atoms with Crippen LogP contribution in [0.15, 0.2) is 18.2 Å². The lowest BCUT2D eigenvalue weighted by molar-refractivity contribution is 0.439. The number of hydrogen-bond acceptors (Lipinski definition) is 2. The van der Waals surface area contributed by atoms with Gasteiger partial charge in [0.05, 0.1) is 0 Å². The lowest BCUT2D eigenvalue weighted by atomic mass is 9.95. The summed E-state index contributed by atoms with van der Waals surface area (Å²) in [7, 11) is 0. The second kappa shape index (κ2) is 3.69. The molecule has 0 saturated heterocycles. The van der Waals surface area contributed by atoms with E-state index in [1.165, 1.54) is 25.7 Å². The average molecular weight is 217 g/mol. The number of nitrogens with one attached hydrogen (secondary N) is 1. The van der Waals surface area contributed by atoms with Crippen molar-refractivity contribution in [2.45, 2.75) is 38.6 Å². The van der Waals surface area contributed by atoms with Gasteiger partial charge in [0.15, 0.2) is 0 Å². The molecule has 86 valence electrons. The van der Waals surface area contributed by atoms with E-state index in [1.807, 2.05) is 19.1 Å². The van der Waals surface area contributed by atoms with Crippen LogP contribution in [0.2, 0.25) is 0 Å². The Morgan fingerprint density at radius 1 is 1.25 bits per heavy atom. The predicted molar refractivity (Wildman–Crippen MR) is 65.7 cm³/mol. The Hall–Kier alpha value is -1.18. The van der Waals surface area contributed by atoms with Crippen LogP contribution in [-0.4, -0.2) is 11.1 Å². The van der Waals surface area contributed by atoms with Gasteiger partial charge in [-0.05, 0) is 61.8 Å². The Morgan fingerprint density at radius 3 is 2.75 bits per heavy atom. The van der Waals surface area contributed by atoms with Crippen LogP contribution in [0.1, 0.15) is 31.2 Å². The summed E-state index contributed by atoms with van der Waals surface area (Å²) >= 11 is 0. The molecule has 2 nitrogen and oxygen atoms in total. The molecule has 1 aromatic carbocycles. The monoisotopic (exact) mass is 217 g/mol. The number of benzene rings is 1. The summed E-state index contributed by atoms with van der Waals surface area (Å²) in [5, 5.41) is 13.1. The molecule has 0 radical (unpaired) electrons. The van der Waals surface area contributed by atoms with Crippen LogP contribution in [0.5, 0.6) is 5.75 Å². The summed E-state index contributed by atoms with van der Waals surface area (Å²) in [5.41, 5.74) is 2.11. The van der Waals surface area contributed by atoms with Gasteiger partial charge < -0.3 is 10.4 Å². The third-order valence-electron chi connectivity index (χ3n) is 4.29. The zero-order chi connectivity index (χ0) is 11.1. The van der Waals surface area contributed by atoms with Crippen molar-refractivity contribution in [3.8, 4) is 5.75 Å². The van der Waals surface area contributed by atoms with Gasteiger partial charge in [-0.25, -0.2) is 0 Å². The average Bonchev–Trinajstić information content (AvgIpc) is 2.85. The minimum Gasteiger partial charge on any atom is -0.508 e. The molecule has 3 atom stereocenters. The van der Waals surface area contributed by atoms with Crippen LogP contribution in [-0.2, 0) is 0 Å². The first-order valence-electron chi connectivity index (χ1n) is 6.28. The van der Waals surface area contributed by atoms with E-state index in [1.54, 1.807) is 6.07 Å². The third kappa shape index (κ3) is 1.66. The second-order valence-electron chi connectivity index (χ2n) is 5.43. The topological polar surface area (TPSA) is 32.3 Å². The number of anilines is 1. The smallest absolute Gasteiger partial charge is 0.118 e. The number of aryl methyl sites for hydroxylation is 1. The molecule has 3 rings (SSSR count). The Labute approximate surface area is 96.7 Å². The van der Waals surface area contributed by atoms with E-state index in [9.17, 15) is 5.11 Å². The van der Waals surface area contributed by atoms with Crippen molar-refractivity contribution in [3.05, 3.63) is 23.8 Å². The normalized spacial score (nSPS) is 31.9. The number of aromatic hydroxyl groups is 1. The molecule has 2 bridgehead atoms. The summed E-state index contributed by atoms with van der Waals surface area (Å²) in [4.78, 5) is 0. The maximum atomic E-state index is 9.48. The summed E-state index contributed by atoms with van der Waals surface area (Å²) in [6.07, 6.45) is 5.61. The minimum absolute atomic E-state index is 0.387. The number of phenolic OH excluding ortho intramolecular Hbond substituents is 1. The molecular formula is C14H19NO. The molecule has 0 spiro atoms. The minimum atomic E-state index is 0.387. The maximum Gasteiger partial charge on any atom is 0.118 e. The standard InChI is InChI=1S/C14H19NO/c1-9-6-12(4-5-14(9)16)15-13-8-10-2-3-11(13)7-10/h4-6,10-11,13,15-16H,2-3,7-8H2,1H3. The van der Waals surface area contributed by atoms with Crippen molar-refractivity contribution in [1.82, 2.24) is 0 Å². The Balaban J connectivity index is 1.72. The van der Waals surface area contributed by atoms with Crippen molar-refractivity contribution >= 4 is 5.69 Å². The molecule has 1 aromatic rings. The Bertz CT molecular complexity index is 402. The number of hydrogen-bond donors (Lipinski definition) is 2. The van der Waals surface area contributed by atoms with E-state index in [4.69, 9.17) is 0 Å². The summed E-state index contributed by atoms with van der Waals surface area (Å²) < 4.78 is 0. The molecule has 0 aliphatic heterocycles. The zero-order valence-corrected chi connectivity index (χ0v) is 9.74. The fraction of sp³-hybridized carbons (Fsp3) is 0.571. The van der Waals surface area contributed by atoms with Gasteiger partial charge in [0.1, 0.15) is 5.75 Å². The summed E-state index contributed by atoms with van der Waals surface area (Å²) in [6.45, 7) is 1.95. The highest BCUT2D eigenvalue weighted by molar-refractivity contribution is 5.51. The zero-order valence-electron chi connectivity index (χ0n) is 9.74. The van der Waals surface area contributed by atoms with Crippen molar-refractivity contribution in [3.63, 3.8) is 0 Å². The number of rotatable bonds is 2. The third-order valence-corrected chi connectivity index (χ3v) is 4.29. The molecule has 16 heavy (non-hydrogen) atoms. The molecule has 3 unspecified atom stereocenters. The molecule has 2 aliphatic rings. The highest BCUT2D eigenvalue weighted by atomic mass is 16.3.